The fourth-order valence-corrected chi connectivity index (χ4v) is 4.44. The number of hydrogen-bond donors (Lipinski definition) is 0. The van der Waals surface area contributed by atoms with E-state index in [2.05, 4.69) is 140 Å². The SMILES string of the molecule is COc1ccc(C=C(c2ccccc2)c2ccc(N(c3ccc(C)cc3)c3ccc(C)cc3)cc2)cc1. The fourth-order valence-electron chi connectivity index (χ4n) is 4.44. The molecule has 2 heteroatoms. The third-order valence-electron chi connectivity index (χ3n) is 6.53. The van der Waals surface area contributed by atoms with Crippen molar-refractivity contribution in [2.45, 2.75) is 13.8 Å². The molecule has 0 unspecified atom stereocenters. The number of benzene rings is 5. The van der Waals surface area contributed by atoms with Crippen LogP contribution in [0.3, 0.4) is 0 Å². The summed E-state index contributed by atoms with van der Waals surface area (Å²) in [7, 11) is 1.69. The number of anilines is 3. The van der Waals surface area contributed by atoms with Crippen LogP contribution in [0.1, 0.15) is 27.8 Å². The molecule has 0 aliphatic rings. The lowest BCUT2D eigenvalue weighted by molar-refractivity contribution is 0.415. The second-order valence-electron chi connectivity index (χ2n) is 9.25. The molecular formula is C35H31NO. The van der Waals surface area contributed by atoms with Gasteiger partial charge in [0.15, 0.2) is 0 Å². The summed E-state index contributed by atoms with van der Waals surface area (Å²) in [5.41, 5.74) is 10.5. The number of aryl methyl sites for hydroxylation is 2. The summed E-state index contributed by atoms with van der Waals surface area (Å²) in [4.78, 5) is 2.30. The van der Waals surface area contributed by atoms with Crippen LogP contribution in [-0.2, 0) is 0 Å². The van der Waals surface area contributed by atoms with E-state index in [4.69, 9.17) is 4.74 Å². The molecule has 0 aromatic heterocycles. The predicted octanol–water partition coefficient (Wildman–Crippen LogP) is 9.37. The van der Waals surface area contributed by atoms with Gasteiger partial charge in [-0.05, 0) is 90.7 Å². The van der Waals surface area contributed by atoms with E-state index in [1.165, 1.54) is 27.8 Å². The van der Waals surface area contributed by atoms with Crippen molar-refractivity contribution in [3.63, 3.8) is 0 Å². The van der Waals surface area contributed by atoms with Gasteiger partial charge in [-0.1, -0.05) is 90.0 Å². The lowest BCUT2D eigenvalue weighted by atomic mass is 9.95. The van der Waals surface area contributed by atoms with Crippen molar-refractivity contribution in [1.82, 2.24) is 0 Å². The van der Waals surface area contributed by atoms with Crippen LogP contribution in [0.4, 0.5) is 17.1 Å². The van der Waals surface area contributed by atoms with Gasteiger partial charge in [-0.3, -0.25) is 0 Å². The molecule has 0 amide bonds. The molecule has 0 fully saturated rings. The van der Waals surface area contributed by atoms with E-state index < -0.39 is 0 Å². The van der Waals surface area contributed by atoms with Crippen LogP contribution in [-0.4, -0.2) is 7.11 Å². The summed E-state index contributed by atoms with van der Waals surface area (Å²) in [6.07, 6.45) is 2.24. The van der Waals surface area contributed by atoms with Gasteiger partial charge in [-0.2, -0.15) is 0 Å². The van der Waals surface area contributed by atoms with Crippen molar-refractivity contribution < 1.29 is 4.74 Å². The Labute approximate surface area is 220 Å². The zero-order valence-electron chi connectivity index (χ0n) is 21.6. The first kappa shape index (κ1) is 24.1. The molecule has 5 aromatic rings. The van der Waals surface area contributed by atoms with Crippen molar-refractivity contribution in [2.24, 2.45) is 0 Å². The average molecular weight is 482 g/mol. The van der Waals surface area contributed by atoms with Gasteiger partial charge in [0.25, 0.3) is 0 Å². The monoisotopic (exact) mass is 481 g/mol. The Bertz CT molecular complexity index is 1420. The van der Waals surface area contributed by atoms with Crippen LogP contribution in [0.5, 0.6) is 5.75 Å². The first-order chi connectivity index (χ1) is 18.1. The van der Waals surface area contributed by atoms with Crippen LogP contribution in [0.15, 0.2) is 127 Å². The Morgan fingerprint density at radius 2 is 1.00 bits per heavy atom. The molecule has 2 nitrogen and oxygen atoms in total. The smallest absolute Gasteiger partial charge is 0.118 e. The van der Waals surface area contributed by atoms with Crippen LogP contribution in [0, 0.1) is 13.8 Å². The third kappa shape index (κ3) is 5.65. The predicted molar refractivity (Wildman–Crippen MR) is 157 cm³/mol. The van der Waals surface area contributed by atoms with Gasteiger partial charge < -0.3 is 9.64 Å². The van der Waals surface area contributed by atoms with Crippen molar-refractivity contribution in [3.8, 4) is 5.75 Å². The van der Waals surface area contributed by atoms with E-state index in [1.54, 1.807) is 7.11 Å². The molecule has 0 radical (unpaired) electrons. The normalized spacial score (nSPS) is 11.3. The maximum absolute atomic E-state index is 5.34. The van der Waals surface area contributed by atoms with Gasteiger partial charge in [0.05, 0.1) is 7.11 Å². The quantitative estimate of drug-likeness (QED) is 0.215. The third-order valence-corrected chi connectivity index (χ3v) is 6.53. The Morgan fingerprint density at radius 1 is 0.541 bits per heavy atom. The maximum atomic E-state index is 5.34. The van der Waals surface area contributed by atoms with Crippen molar-refractivity contribution in [2.75, 3.05) is 12.0 Å². The minimum atomic E-state index is 0.857. The molecule has 37 heavy (non-hydrogen) atoms. The highest BCUT2D eigenvalue weighted by molar-refractivity contribution is 5.92. The number of ether oxygens (including phenoxy) is 1. The Morgan fingerprint density at radius 3 is 1.49 bits per heavy atom. The first-order valence-corrected chi connectivity index (χ1v) is 12.6. The summed E-state index contributed by atoms with van der Waals surface area (Å²) in [6, 6.07) is 45.0. The van der Waals surface area contributed by atoms with Gasteiger partial charge in [0, 0.05) is 17.1 Å². The Kier molecular flexibility index (Phi) is 7.19. The van der Waals surface area contributed by atoms with Gasteiger partial charge in [-0.25, -0.2) is 0 Å². The molecule has 0 heterocycles. The molecule has 0 bridgehead atoms. The topological polar surface area (TPSA) is 12.5 Å². The minimum absolute atomic E-state index is 0.857. The van der Waals surface area contributed by atoms with E-state index in [0.29, 0.717) is 0 Å². The standard InChI is InChI=1S/C35H31NO/c1-26-9-17-31(18-10-26)36(32-19-11-27(2)12-20-32)33-21-15-30(16-22-33)35(29-7-5-4-6-8-29)25-28-13-23-34(37-3)24-14-28/h4-25H,1-3H3. The zero-order chi connectivity index (χ0) is 25.6. The Hall–Kier alpha value is -4.56. The molecule has 0 aliphatic carbocycles. The summed E-state index contributed by atoms with van der Waals surface area (Å²) in [6.45, 7) is 4.24. The highest BCUT2D eigenvalue weighted by Crippen LogP contribution is 2.36. The summed E-state index contributed by atoms with van der Waals surface area (Å²) in [5.74, 6) is 0.857. The molecule has 182 valence electrons. The average Bonchev–Trinajstić information content (AvgIpc) is 2.95. The van der Waals surface area contributed by atoms with E-state index in [-0.39, 0.29) is 0 Å². The van der Waals surface area contributed by atoms with Crippen LogP contribution in [0.2, 0.25) is 0 Å². The van der Waals surface area contributed by atoms with E-state index in [1.807, 2.05) is 12.1 Å². The number of methoxy groups -OCH3 is 1. The van der Waals surface area contributed by atoms with E-state index in [9.17, 15) is 0 Å². The van der Waals surface area contributed by atoms with Crippen LogP contribution >= 0.6 is 0 Å². The van der Waals surface area contributed by atoms with E-state index in [0.717, 1.165) is 28.4 Å². The minimum Gasteiger partial charge on any atom is -0.497 e. The summed E-state index contributed by atoms with van der Waals surface area (Å²) < 4.78 is 5.34. The second-order valence-corrected chi connectivity index (χ2v) is 9.25. The van der Waals surface area contributed by atoms with Crippen molar-refractivity contribution in [1.29, 1.82) is 0 Å². The lowest BCUT2D eigenvalue weighted by Crippen LogP contribution is -2.10. The first-order valence-electron chi connectivity index (χ1n) is 12.6. The molecule has 0 atom stereocenters. The molecule has 5 rings (SSSR count). The summed E-state index contributed by atoms with van der Waals surface area (Å²) in [5, 5.41) is 0. The summed E-state index contributed by atoms with van der Waals surface area (Å²) >= 11 is 0. The highest BCUT2D eigenvalue weighted by atomic mass is 16.5. The molecular weight excluding hydrogens is 450 g/mol. The number of rotatable bonds is 7. The van der Waals surface area contributed by atoms with Crippen LogP contribution < -0.4 is 9.64 Å². The second kappa shape index (κ2) is 11.0. The molecule has 0 saturated carbocycles. The van der Waals surface area contributed by atoms with Gasteiger partial charge >= 0.3 is 0 Å². The van der Waals surface area contributed by atoms with Gasteiger partial charge in [0.1, 0.15) is 5.75 Å². The molecule has 0 aliphatic heterocycles. The molecule has 0 spiro atoms. The van der Waals surface area contributed by atoms with Gasteiger partial charge in [0.2, 0.25) is 0 Å². The lowest BCUT2D eigenvalue weighted by Gasteiger charge is -2.26. The van der Waals surface area contributed by atoms with Crippen LogP contribution in [0.25, 0.3) is 11.6 Å². The highest BCUT2D eigenvalue weighted by Gasteiger charge is 2.13. The maximum Gasteiger partial charge on any atom is 0.118 e. The largest absolute Gasteiger partial charge is 0.497 e. The molecule has 0 N–H and O–H groups in total. The molecule has 0 saturated heterocycles. The fraction of sp³-hybridized carbons (Fsp3) is 0.0857. The van der Waals surface area contributed by atoms with Crippen molar-refractivity contribution in [3.05, 3.63) is 155 Å². The van der Waals surface area contributed by atoms with Crippen molar-refractivity contribution >= 4 is 28.7 Å². The Balaban J connectivity index is 1.56. The van der Waals surface area contributed by atoms with E-state index >= 15 is 0 Å². The number of hydrogen-bond acceptors (Lipinski definition) is 2. The number of nitrogens with zero attached hydrogens (tertiary/aromatic N) is 1. The zero-order valence-corrected chi connectivity index (χ0v) is 21.6. The van der Waals surface area contributed by atoms with Gasteiger partial charge in [-0.15, -0.1) is 0 Å². The molecule has 5 aromatic carbocycles.